The minimum Gasteiger partial charge on any atom is -0.494 e. The molecule has 0 saturated heterocycles. The molecule has 0 aliphatic heterocycles. The Hall–Kier alpha value is -2.57. The molecule has 148 valence electrons. The van der Waals surface area contributed by atoms with Crippen molar-refractivity contribution in [2.45, 2.75) is 32.3 Å². The molecule has 28 heavy (non-hydrogen) atoms. The summed E-state index contributed by atoms with van der Waals surface area (Å²) < 4.78 is 6.73. The third kappa shape index (κ3) is 5.24. The highest BCUT2D eigenvalue weighted by molar-refractivity contribution is 7.19. The number of anilines is 1. The van der Waals surface area contributed by atoms with Crippen molar-refractivity contribution in [1.82, 2.24) is 5.32 Å². The van der Waals surface area contributed by atoms with E-state index in [0.717, 1.165) is 33.6 Å². The van der Waals surface area contributed by atoms with Gasteiger partial charge in [0.2, 0.25) is 0 Å². The number of aliphatic hydroxyl groups is 1. The molecule has 0 bridgehead atoms. The molecule has 2 amide bonds. The summed E-state index contributed by atoms with van der Waals surface area (Å²) >= 11 is 1.53. The van der Waals surface area contributed by atoms with Crippen LogP contribution < -0.4 is 15.4 Å². The molecule has 3 rings (SSSR count). The number of carbonyl (C=O) groups is 1. The van der Waals surface area contributed by atoms with Crippen LogP contribution >= 0.6 is 11.3 Å². The predicted molar refractivity (Wildman–Crippen MR) is 115 cm³/mol. The fraction of sp³-hybridized carbons (Fsp3) is 0.318. The van der Waals surface area contributed by atoms with Crippen molar-refractivity contribution >= 4 is 33.1 Å². The topological polar surface area (TPSA) is 70.6 Å². The summed E-state index contributed by atoms with van der Waals surface area (Å²) in [5, 5.41) is 17.4. The highest BCUT2D eigenvalue weighted by Crippen LogP contribution is 2.32. The van der Waals surface area contributed by atoms with Crippen LogP contribution in [0.25, 0.3) is 10.1 Å². The largest absolute Gasteiger partial charge is 0.494 e. The first-order chi connectivity index (χ1) is 13.5. The standard InChI is InChI=1S/C22H26N2O3S/c1-3-4-13-27-18-11-9-17(10-12-18)24-21(25)23-15-22(2,26)20-14-16-7-5-6-8-19(16)28-20/h5-12,14,26H,3-4,13,15H2,1-2H3,(H2,23,24,25). The Kier molecular flexibility index (Phi) is 6.54. The molecular weight excluding hydrogens is 372 g/mol. The summed E-state index contributed by atoms with van der Waals surface area (Å²) in [6.07, 6.45) is 2.10. The van der Waals surface area contributed by atoms with Crippen LogP contribution in [0.1, 0.15) is 31.6 Å². The molecule has 0 fully saturated rings. The van der Waals surface area contributed by atoms with Gasteiger partial charge in [-0.25, -0.2) is 4.79 Å². The van der Waals surface area contributed by atoms with Crippen molar-refractivity contribution in [2.24, 2.45) is 0 Å². The Morgan fingerprint density at radius 1 is 1.18 bits per heavy atom. The van der Waals surface area contributed by atoms with Crippen molar-refractivity contribution in [1.29, 1.82) is 0 Å². The number of benzene rings is 2. The molecule has 0 spiro atoms. The van der Waals surface area contributed by atoms with Gasteiger partial charge in [-0.3, -0.25) is 0 Å². The summed E-state index contributed by atoms with van der Waals surface area (Å²) in [6.45, 7) is 4.63. The maximum Gasteiger partial charge on any atom is 0.319 e. The van der Waals surface area contributed by atoms with Gasteiger partial charge in [-0.2, -0.15) is 0 Å². The lowest BCUT2D eigenvalue weighted by molar-refractivity contribution is 0.0638. The van der Waals surface area contributed by atoms with E-state index in [9.17, 15) is 9.90 Å². The van der Waals surface area contributed by atoms with E-state index < -0.39 is 5.60 Å². The van der Waals surface area contributed by atoms with Crippen molar-refractivity contribution < 1.29 is 14.6 Å². The van der Waals surface area contributed by atoms with Crippen LogP contribution in [-0.2, 0) is 5.60 Å². The number of amides is 2. The molecule has 6 heteroatoms. The number of ether oxygens (including phenoxy) is 1. The molecular formula is C22H26N2O3S. The molecule has 1 aromatic heterocycles. The van der Waals surface area contributed by atoms with Crippen LogP contribution in [0.5, 0.6) is 5.75 Å². The molecule has 1 heterocycles. The van der Waals surface area contributed by atoms with Crippen LogP contribution in [-0.4, -0.2) is 24.3 Å². The quantitative estimate of drug-likeness (QED) is 0.462. The van der Waals surface area contributed by atoms with Crippen molar-refractivity contribution in [3.8, 4) is 5.75 Å². The molecule has 1 unspecified atom stereocenters. The zero-order valence-corrected chi connectivity index (χ0v) is 17.0. The fourth-order valence-corrected chi connectivity index (χ4v) is 3.84. The van der Waals surface area contributed by atoms with Gasteiger partial charge in [-0.15, -0.1) is 11.3 Å². The Morgan fingerprint density at radius 3 is 2.64 bits per heavy atom. The zero-order chi connectivity index (χ0) is 20.0. The van der Waals surface area contributed by atoms with Gasteiger partial charge in [0.25, 0.3) is 0 Å². The maximum atomic E-state index is 12.2. The fourth-order valence-electron chi connectivity index (χ4n) is 2.73. The van der Waals surface area contributed by atoms with Gasteiger partial charge in [-0.1, -0.05) is 31.5 Å². The van der Waals surface area contributed by atoms with Crippen molar-refractivity contribution in [2.75, 3.05) is 18.5 Å². The van der Waals surface area contributed by atoms with Gasteiger partial charge >= 0.3 is 6.03 Å². The van der Waals surface area contributed by atoms with E-state index in [1.54, 1.807) is 19.1 Å². The lowest BCUT2D eigenvalue weighted by atomic mass is 10.0. The lowest BCUT2D eigenvalue weighted by Crippen LogP contribution is -2.40. The molecule has 0 radical (unpaired) electrons. The van der Waals surface area contributed by atoms with Gasteiger partial charge in [0.1, 0.15) is 11.4 Å². The van der Waals surface area contributed by atoms with Crippen molar-refractivity contribution in [3.63, 3.8) is 0 Å². The average molecular weight is 399 g/mol. The minimum absolute atomic E-state index is 0.115. The van der Waals surface area contributed by atoms with E-state index in [4.69, 9.17) is 4.74 Å². The number of unbranched alkanes of at least 4 members (excludes halogenated alkanes) is 1. The molecule has 5 nitrogen and oxygen atoms in total. The number of hydrogen-bond donors (Lipinski definition) is 3. The molecule has 3 N–H and O–H groups in total. The second kappa shape index (κ2) is 9.08. The second-order valence-corrected chi connectivity index (χ2v) is 8.04. The number of carbonyl (C=O) groups excluding carboxylic acids is 1. The van der Waals surface area contributed by atoms with Crippen molar-refractivity contribution in [3.05, 3.63) is 59.5 Å². The Bertz CT molecular complexity index is 886. The molecule has 0 aliphatic carbocycles. The van der Waals surface area contributed by atoms with Crippen LogP contribution in [0.3, 0.4) is 0 Å². The molecule has 0 saturated carbocycles. The summed E-state index contributed by atoms with van der Waals surface area (Å²) in [6, 6.07) is 16.9. The number of thiophene rings is 1. The third-order valence-electron chi connectivity index (χ3n) is 4.43. The second-order valence-electron chi connectivity index (χ2n) is 6.96. The molecule has 1 atom stereocenters. The number of nitrogens with one attached hydrogen (secondary N) is 2. The number of fused-ring (bicyclic) bond motifs is 1. The normalized spacial score (nSPS) is 13.1. The highest BCUT2D eigenvalue weighted by atomic mass is 32.1. The molecule has 2 aromatic carbocycles. The van der Waals surface area contributed by atoms with Gasteiger partial charge < -0.3 is 20.5 Å². The summed E-state index contributed by atoms with van der Waals surface area (Å²) in [5.41, 5.74) is -0.472. The number of rotatable bonds is 8. The van der Waals surface area contributed by atoms with E-state index in [1.165, 1.54) is 11.3 Å². The minimum atomic E-state index is -1.14. The maximum absolute atomic E-state index is 12.2. The van der Waals surface area contributed by atoms with Gasteiger partial charge in [-0.05, 0) is 55.1 Å². The van der Waals surface area contributed by atoms with Crippen LogP contribution in [0.15, 0.2) is 54.6 Å². The lowest BCUT2D eigenvalue weighted by Gasteiger charge is -2.22. The van der Waals surface area contributed by atoms with Gasteiger partial charge in [0.05, 0.1) is 13.2 Å². The zero-order valence-electron chi connectivity index (χ0n) is 16.2. The SMILES string of the molecule is CCCCOc1ccc(NC(=O)NCC(C)(O)c2cc3ccccc3s2)cc1. The van der Waals surface area contributed by atoms with E-state index in [0.29, 0.717) is 12.3 Å². The monoisotopic (exact) mass is 398 g/mol. The molecule has 0 aliphatic rings. The van der Waals surface area contributed by atoms with Gasteiger partial charge in [0, 0.05) is 15.3 Å². The highest BCUT2D eigenvalue weighted by Gasteiger charge is 2.26. The summed E-state index contributed by atoms with van der Waals surface area (Å²) in [4.78, 5) is 13.0. The smallest absolute Gasteiger partial charge is 0.319 e. The average Bonchev–Trinajstić information content (AvgIpc) is 3.13. The number of urea groups is 1. The first kappa shape index (κ1) is 20.2. The number of hydrogen-bond acceptors (Lipinski definition) is 4. The first-order valence-corrected chi connectivity index (χ1v) is 10.3. The Morgan fingerprint density at radius 2 is 1.93 bits per heavy atom. The van der Waals surface area contributed by atoms with E-state index in [1.807, 2.05) is 42.5 Å². The Balaban J connectivity index is 1.53. The summed E-state index contributed by atoms with van der Waals surface area (Å²) in [5.74, 6) is 0.784. The van der Waals surface area contributed by atoms with Crippen LogP contribution in [0.4, 0.5) is 10.5 Å². The van der Waals surface area contributed by atoms with E-state index in [2.05, 4.69) is 17.6 Å². The predicted octanol–water partition coefficient (Wildman–Crippen LogP) is 5.11. The van der Waals surface area contributed by atoms with Crippen LogP contribution in [0, 0.1) is 0 Å². The molecule has 3 aromatic rings. The van der Waals surface area contributed by atoms with E-state index in [-0.39, 0.29) is 12.6 Å². The van der Waals surface area contributed by atoms with E-state index >= 15 is 0 Å². The third-order valence-corrected chi connectivity index (χ3v) is 5.80. The first-order valence-electron chi connectivity index (χ1n) is 9.47. The Labute approximate surface area is 169 Å². The van der Waals surface area contributed by atoms with Gasteiger partial charge in [0.15, 0.2) is 0 Å². The van der Waals surface area contributed by atoms with Crippen LogP contribution in [0.2, 0.25) is 0 Å². The summed E-state index contributed by atoms with van der Waals surface area (Å²) in [7, 11) is 0.